The van der Waals surface area contributed by atoms with Crippen LogP contribution in [0.2, 0.25) is 0 Å². The Kier molecular flexibility index (Phi) is 3.99. The van der Waals surface area contributed by atoms with Crippen molar-refractivity contribution in [3.63, 3.8) is 0 Å². The van der Waals surface area contributed by atoms with Crippen molar-refractivity contribution < 1.29 is 0 Å². The number of fused-ring (bicyclic) bond motifs is 1. The maximum Gasteiger partial charge on any atom is 0.0263 e. The minimum absolute atomic E-state index is 0.680. The quantitative estimate of drug-likeness (QED) is 0.902. The smallest absolute Gasteiger partial charge is 0.0263 e. The van der Waals surface area contributed by atoms with E-state index in [4.69, 9.17) is 0 Å². The van der Waals surface area contributed by atoms with E-state index in [1.165, 1.54) is 36.6 Å². The molecule has 1 atom stereocenters. The Morgan fingerprint density at radius 2 is 1.88 bits per heavy atom. The molecule has 0 amide bonds. The molecule has 1 aromatic rings. The van der Waals surface area contributed by atoms with Gasteiger partial charge in [-0.1, -0.05) is 24.3 Å². The third-order valence-corrected chi connectivity index (χ3v) is 6.42. The van der Waals surface area contributed by atoms with Crippen molar-refractivity contribution in [1.82, 2.24) is 5.32 Å². The third-order valence-electron chi connectivity index (χ3n) is 3.57. The summed E-state index contributed by atoms with van der Waals surface area (Å²) in [6, 6.07) is 9.56. The molecule has 1 aromatic carbocycles. The first-order valence-electron chi connectivity index (χ1n) is 6.41. The Morgan fingerprint density at radius 1 is 1.12 bits per heavy atom. The second-order valence-corrected chi connectivity index (χ2v) is 7.41. The fourth-order valence-electron chi connectivity index (χ4n) is 2.66. The first kappa shape index (κ1) is 11.9. The maximum atomic E-state index is 3.76. The molecule has 0 aromatic heterocycles. The van der Waals surface area contributed by atoms with E-state index in [0.29, 0.717) is 6.04 Å². The van der Waals surface area contributed by atoms with Crippen LogP contribution in [0.5, 0.6) is 0 Å². The molecule has 0 bridgehead atoms. The molecule has 3 heteroatoms. The van der Waals surface area contributed by atoms with Crippen molar-refractivity contribution >= 4 is 23.5 Å². The highest BCUT2D eigenvalue weighted by atomic mass is 32.2. The largest absolute Gasteiger partial charge is 0.312 e. The lowest BCUT2D eigenvalue weighted by Crippen LogP contribution is -2.37. The topological polar surface area (TPSA) is 12.0 Å². The highest BCUT2D eigenvalue weighted by molar-refractivity contribution is 8.06. The van der Waals surface area contributed by atoms with Crippen LogP contribution < -0.4 is 5.32 Å². The van der Waals surface area contributed by atoms with Gasteiger partial charge < -0.3 is 5.32 Å². The molecule has 2 aliphatic rings. The van der Waals surface area contributed by atoms with Crippen LogP contribution in [0.4, 0.5) is 0 Å². The van der Waals surface area contributed by atoms with Crippen LogP contribution in [-0.4, -0.2) is 35.1 Å². The normalized spacial score (nSPS) is 24.8. The molecular formula is C14H19NS2. The molecule has 1 unspecified atom stereocenters. The molecule has 1 nitrogen and oxygen atoms in total. The Labute approximate surface area is 112 Å². The zero-order chi connectivity index (χ0) is 11.5. The average Bonchev–Trinajstić information content (AvgIpc) is 2.80. The first-order chi connectivity index (χ1) is 8.42. The van der Waals surface area contributed by atoms with Gasteiger partial charge in [0.2, 0.25) is 0 Å². The number of thioether (sulfide) groups is 2. The van der Waals surface area contributed by atoms with Gasteiger partial charge in [0.25, 0.3) is 0 Å². The predicted octanol–water partition coefficient (Wildman–Crippen LogP) is 2.59. The molecule has 92 valence electrons. The SMILES string of the molecule is c1ccc2c(c1)CC(NCC1CSCCS1)C2. The van der Waals surface area contributed by atoms with E-state index in [9.17, 15) is 0 Å². The maximum absolute atomic E-state index is 3.76. The lowest BCUT2D eigenvalue weighted by Gasteiger charge is -2.23. The average molecular weight is 265 g/mol. The molecule has 3 rings (SSSR count). The van der Waals surface area contributed by atoms with Gasteiger partial charge in [0.15, 0.2) is 0 Å². The molecule has 1 heterocycles. The summed E-state index contributed by atoms with van der Waals surface area (Å²) in [7, 11) is 0. The Balaban J connectivity index is 1.48. The summed E-state index contributed by atoms with van der Waals surface area (Å²) in [5.74, 6) is 4.01. The third kappa shape index (κ3) is 3.01. The van der Waals surface area contributed by atoms with Crippen LogP contribution >= 0.6 is 23.5 Å². The molecule has 1 N–H and O–H groups in total. The van der Waals surface area contributed by atoms with Crippen LogP contribution in [0, 0.1) is 0 Å². The van der Waals surface area contributed by atoms with Crippen molar-refractivity contribution in [2.75, 3.05) is 23.8 Å². The molecule has 0 saturated carbocycles. The van der Waals surface area contributed by atoms with Crippen LogP contribution in [0.3, 0.4) is 0 Å². The van der Waals surface area contributed by atoms with E-state index in [1.807, 2.05) is 0 Å². The van der Waals surface area contributed by atoms with Crippen LogP contribution in [0.15, 0.2) is 24.3 Å². The second kappa shape index (κ2) is 5.68. The van der Waals surface area contributed by atoms with Gasteiger partial charge in [-0.2, -0.15) is 23.5 Å². The van der Waals surface area contributed by atoms with E-state index in [1.54, 1.807) is 11.1 Å². The molecule has 0 radical (unpaired) electrons. The summed E-state index contributed by atoms with van der Waals surface area (Å²) >= 11 is 4.26. The molecule has 1 aliphatic carbocycles. The minimum atomic E-state index is 0.680. The van der Waals surface area contributed by atoms with E-state index < -0.39 is 0 Å². The van der Waals surface area contributed by atoms with E-state index in [-0.39, 0.29) is 0 Å². The first-order valence-corrected chi connectivity index (χ1v) is 8.61. The van der Waals surface area contributed by atoms with Crippen molar-refractivity contribution in [1.29, 1.82) is 0 Å². The van der Waals surface area contributed by atoms with Crippen molar-refractivity contribution in [2.45, 2.75) is 24.1 Å². The van der Waals surface area contributed by atoms with Gasteiger partial charge in [0.1, 0.15) is 0 Å². The molecular weight excluding hydrogens is 246 g/mol. The fraction of sp³-hybridized carbons (Fsp3) is 0.571. The van der Waals surface area contributed by atoms with E-state index in [0.717, 1.165) is 5.25 Å². The highest BCUT2D eigenvalue weighted by Gasteiger charge is 2.22. The molecule has 1 saturated heterocycles. The standard InChI is InChI=1S/C14H19NS2/c1-2-4-12-8-13(7-11(12)3-1)15-9-14-10-16-5-6-17-14/h1-4,13-15H,5-10H2. The Hall–Kier alpha value is -0.120. The molecule has 1 aliphatic heterocycles. The van der Waals surface area contributed by atoms with Gasteiger partial charge in [-0.25, -0.2) is 0 Å². The van der Waals surface area contributed by atoms with Gasteiger partial charge in [0, 0.05) is 35.1 Å². The van der Waals surface area contributed by atoms with Gasteiger partial charge in [-0.3, -0.25) is 0 Å². The monoisotopic (exact) mass is 265 g/mol. The van der Waals surface area contributed by atoms with Crippen LogP contribution in [0.1, 0.15) is 11.1 Å². The van der Waals surface area contributed by atoms with Gasteiger partial charge in [-0.15, -0.1) is 0 Å². The minimum Gasteiger partial charge on any atom is -0.312 e. The van der Waals surface area contributed by atoms with E-state index >= 15 is 0 Å². The summed E-state index contributed by atoms with van der Waals surface area (Å²) in [6.45, 7) is 1.19. The van der Waals surface area contributed by atoms with Crippen molar-refractivity contribution in [2.24, 2.45) is 0 Å². The summed E-state index contributed by atoms with van der Waals surface area (Å²) in [5, 5.41) is 4.60. The summed E-state index contributed by atoms with van der Waals surface area (Å²) < 4.78 is 0. The van der Waals surface area contributed by atoms with Crippen LogP contribution in [0.25, 0.3) is 0 Å². The fourth-order valence-corrected chi connectivity index (χ4v) is 5.28. The summed E-state index contributed by atoms with van der Waals surface area (Å²) in [4.78, 5) is 0. The highest BCUT2D eigenvalue weighted by Crippen LogP contribution is 2.25. The summed E-state index contributed by atoms with van der Waals surface area (Å²) in [5.41, 5.74) is 3.10. The van der Waals surface area contributed by atoms with Gasteiger partial charge >= 0.3 is 0 Å². The lowest BCUT2D eigenvalue weighted by molar-refractivity contribution is 0.536. The van der Waals surface area contributed by atoms with Crippen LogP contribution in [-0.2, 0) is 12.8 Å². The zero-order valence-corrected chi connectivity index (χ0v) is 11.7. The number of hydrogen-bond donors (Lipinski definition) is 1. The summed E-state index contributed by atoms with van der Waals surface area (Å²) in [6.07, 6.45) is 2.45. The van der Waals surface area contributed by atoms with Gasteiger partial charge in [-0.05, 0) is 24.0 Å². The molecule has 0 spiro atoms. The van der Waals surface area contributed by atoms with Crippen molar-refractivity contribution in [3.8, 4) is 0 Å². The Bertz CT molecular complexity index is 349. The number of rotatable bonds is 3. The zero-order valence-electron chi connectivity index (χ0n) is 10.0. The van der Waals surface area contributed by atoms with E-state index in [2.05, 4.69) is 53.1 Å². The second-order valence-electron chi connectivity index (χ2n) is 4.85. The number of nitrogens with one attached hydrogen (secondary N) is 1. The molecule has 17 heavy (non-hydrogen) atoms. The Morgan fingerprint density at radius 3 is 2.53 bits per heavy atom. The lowest BCUT2D eigenvalue weighted by atomic mass is 10.1. The van der Waals surface area contributed by atoms with Gasteiger partial charge in [0.05, 0.1) is 0 Å². The number of hydrogen-bond acceptors (Lipinski definition) is 3. The predicted molar refractivity (Wildman–Crippen MR) is 79.2 cm³/mol. The molecule has 1 fully saturated rings. The number of benzene rings is 1. The van der Waals surface area contributed by atoms with Crippen molar-refractivity contribution in [3.05, 3.63) is 35.4 Å².